The molecular formula is C80H110F8N12O13. The van der Waals surface area contributed by atoms with E-state index in [1.54, 1.807) is 44.7 Å². The van der Waals surface area contributed by atoms with Crippen LogP contribution in [0, 0.1) is 23.5 Å². The second kappa shape index (κ2) is 37.7. The van der Waals surface area contributed by atoms with Crippen LogP contribution in [0.4, 0.5) is 35.1 Å². The van der Waals surface area contributed by atoms with Crippen molar-refractivity contribution >= 4 is 70.9 Å². The van der Waals surface area contributed by atoms with Crippen molar-refractivity contribution in [1.29, 1.82) is 0 Å². The van der Waals surface area contributed by atoms with Crippen LogP contribution < -0.4 is 10.6 Å². The zero-order valence-electron chi connectivity index (χ0n) is 66.4. The number of carbonyl (C=O) groups is 12. The van der Waals surface area contributed by atoms with Crippen LogP contribution in [0.3, 0.4) is 0 Å². The Bertz CT molecular complexity index is 3820. The number of likely N-dealkylation sites (N-methyl/N-ethyl adjacent to an activating group) is 6. The summed E-state index contributed by atoms with van der Waals surface area (Å²) in [6.45, 7) is 5.59. The van der Waals surface area contributed by atoms with Crippen LogP contribution >= 0.6 is 0 Å². The van der Waals surface area contributed by atoms with Crippen molar-refractivity contribution in [2.24, 2.45) is 11.8 Å². The zero-order chi connectivity index (χ0) is 82.9. The number of hydrogen-bond donors (Lipinski definition) is 2. The fraction of sp³-hybridized carbons (Fsp3) is 0.675. The van der Waals surface area contributed by atoms with Crippen molar-refractivity contribution < 1.29 is 97.4 Å². The van der Waals surface area contributed by atoms with Crippen LogP contribution in [0.25, 0.3) is 0 Å². The summed E-state index contributed by atoms with van der Waals surface area (Å²) in [6.07, 6.45) is -3.64. The number of alkyl halides is 6. The van der Waals surface area contributed by atoms with E-state index in [0.717, 1.165) is 57.3 Å². The molecule has 25 nitrogen and oxygen atoms in total. The Morgan fingerprint density at radius 1 is 0.619 bits per heavy atom. The molecule has 33 heteroatoms. The van der Waals surface area contributed by atoms with Crippen LogP contribution in [-0.2, 0) is 87.5 Å². The lowest BCUT2D eigenvalue weighted by molar-refractivity contribution is -0.166. The van der Waals surface area contributed by atoms with E-state index >= 15 is 56.7 Å². The van der Waals surface area contributed by atoms with E-state index in [1.807, 2.05) is 0 Å². The molecule has 0 radical (unpaired) electrons. The van der Waals surface area contributed by atoms with Gasteiger partial charge in [0, 0.05) is 94.0 Å². The predicted molar refractivity (Wildman–Crippen MR) is 397 cm³/mol. The van der Waals surface area contributed by atoms with E-state index in [-0.39, 0.29) is 63.8 Å². The molecule has 2 N–H and O–H groups in total. The van der Waals surface area contributed by atoms with Crippen LogP contribution in [0.2, 0.25) is 0 Å². The average Bonchev–Trinajstić information content (AvgIpc) is 1.73. The van der Waals surface area contributed by atoms with Gasteiger partial charge in [-0.2, -0.15) is 26.3 Å². The highest BCUT2D eigenvalue weighted by Crippen LogP contribution is 2.43. The second-order valence-electron chi connectivity index (χ2n) is 31.7. The molecule has 6 fully saturated rings. The Morgan fingerprint density at radius 3 is 1.84 bits per heavy atom. The van der Waals surface area contributed by atoms with Crippen molar-refractivity contribution in [3.05, 3.63) is 82.4 Å². The van der Waals surface area contributed by atoms with Gasteiger partial charge < -0.3 is 64.4 Å². The summed E-state index contributed by atoms with van der Waals surface area (Å²) >= 11 is 0. The number of halogens is 8. The number of benzene rings is 2. The molecule has 3 saturated carbocycles. The van der Waals surface area contributed by atoms with Crippen LogP contribution in [0.5, 0.6) is 0 Å². The maximum Gasteiger partial charge on any atom is 0.422 e. The lowest BCUT2D eigenvalue weighted by Gasteiger charge is -2.51. The van der Waals surface area contributed by atoms with Gasteiger partial charge in [-0.25, -0.2) is 8.78 Å². The molecule has 624 valence electrons. The topological polar surface area (TPSA) is 271 Å². The van der Waals surface area contributed by atoms with E-state index < -0.39 is 228 Å². The van der Waals surface area contributed by atoms with E-state index in [4.69, 9.17) is 4.74 Å². The van der Waals surface area contributed by atoms with Crippen LogP contribution in [0.1, 0.15) is 178 Å². The maximum atomic E-state index is 15.9. The summed E-state index contributed by atoms with van der Waals surface area (Å²) in [6, 6.07) is -7.51. The van der Waals surface area contributed by atoms with Gasteiger partial charge >= 0.3 is 12.4 Å². The number of hydrogen-bond acceptors (Lipinski definition) is 13. The molecule has 3 aliphatic carbocycles. The Labute approximate surface area is 655 Å². The molecule has 1 spiro atoms. The Balaban J connectivity index is 1.15. The molecule has 7 aliphatic rings. The summed E-state index contributed by atoms with van der Waals surface area (Å²) in [5, 5.41) is 5.51. The molecule has 2 aromatic carbocycles. The molecule has 12 amide bonds. The van der Waals surface area contributed by atoms with Gasteiger partial charge in [-0.1, -0.05) is 70.7 Å². The fourth-order valence-corrected chi connectivity index (χ4v) is 16.9. The molecule has 2 bridgehead atoms. The number of carbonyl (C=O) groups excluding carboxylic acids is 12. The average molecular weight is 1600 g/mol. The Kier molecular flexibility index (Phi) is 29.4. The molecule has 4 aliphatic heterocycles. The third-order valence-corrected chi connectivity index (χ3v) is 24.2. The molecule has 0 aromatic heterocycles. The number of piperidine rings is 1. The van der Waals surface area contributed by atoms with Gasteiger partial charge in [-0.3, -0.25) is 57.5 Å². The van der Waals surface area contributed by atoms with Crippen molar-refractivity contribution in [3.63, 3.8) is 0 Å². The highest BCUT2D eigenvalue weighted by molar-refractivity contribution is 6.01. The minimum absolute atomic E-state index is 0.0639. The first kappa shape index (κ1) is 88.2. The summed E-state index contributed by atoms with van der Waals surface area (Å²) in [5.41, 5.74) is -5.16. The monoisotopic (exact) mass is 1600 g/mol. The van der Waals surface area contributed by atoms with E-state index in [1.165, 1.54) is 59.7 Å². The highest BCUT2D eigenvalue weighted by atomic mass is 19.4. The van der Waals surface area contributed by atoms with E-state index in [0.29, 0.717) is 95.9 Å². The molecule has 113 heavy (non-hydrogen) atoms. The quantitative estimate of drug-likeness (QED) is 0.139. The number of aryl methyl sites for hydroxylation is 1. The molecule has 9 rings (SSSR count). The van der Waals surface area contributed by atoms with Crippen molar-refractivity contribution in [3.8, 4) is 0 Å². The zero-order valence-corrected chi connectivity index (χ0v) is 66.4. The van der Waals surface area contributed by atoms with Gasteiger partial charge in [-0.05, 0) is 150 Å². The summed E-state index contributed by atoms with van der Waals surface area (Å²) in [4.78, 5) is 197. The number of amides is 12. The minimum Gasteiger partial charge on any atom is -0.377 e. The first-order valence-electron chi connectivity index (χ1n) is 39.7. The van der Waals surface area contributed by atoms with Gasteiger partial charge in [0.1, 0.15) is 77.6 Å². The largest absolute Gasteiger partial charge is 0.422 e. The number of nitrogens with one attached hydrogen (secondary N) is 2. The van der Waals surface area contributed by atoms with Crippen LogP contribution in [0.15, 0.2) is 48.6 Å². The second-order valence-corrected chi connectivity index (χ2v) is 31.7. The standard InChI is InChI=1S/C80H110F8N12O13/c1-11-23-58-69(104)90-67(48(4)12-2)75(110)99(53-32-33-53)47-65(103)93(7)59-26-16-14-21-39-98(74(59)109)61(42-49-27-30-52(31-28-49)79(83,84)85)71(106)91(5)46-63(101)89-57(34-29-50-40-55(81)66(56(82)41-50)80(86,87)88)70(105)100-45-54(113-13-3)43-62(100)72(107)96(10)78(35-22-36-78)77(112)95(9)68(51-24-17-18-25-51)76(111)94(8)60(44-64(102)92(58)6)73(108)97-37-19-15-20-38-97/h14,16,27-28,30-31,40-41,48,51,53-54,57-62,67-68H,11-13,15,17-26,29,32-39,42-47H2,1-10H3,(H,89,101)(H,90,104)/b16-14-/t48-,54+,57-,58-,59+,60-,61-,62-,67-,68-/m0/s1. The molecule has 2 aromatic rings. The fourth-order valence-electron chi connectivity index (χ4n) is 16.9. The predicted octanol–water partition coefficient (Wildman–Crippen LogP) is 7.29. The number of likely N-dealkylation sites (tertiary alicyclic amines) is 1. The van der Waals surface area contributed by atoms with Crippen molar-refractivity contribution in [1.82, 2.24) is 59.6 Å². The molecular weight excluding hydrogens is 1490 g/mol. The number of fused-ring (bicyclic) bond motifs is 3. The van der Waals surface area contributed by atoms with Gasteiger partial charge in [0.2, 0.25) is 70.9 Å². The highest BCUT2D eigenvalue weighted by Gasteiger charge is 2.57. The number of ether oxygens (including phenoxy) is 1. The molecule has 0 unspecified atom stereocenters. The number of rotatable bonds is 14. The van der Waals surface area contributed by atoms with Crippen molar-refractivity contribution in [2.75, 3.05) is 88.2 Å². The minimum atomic E-state index is -5.46. The first-order chi connectivity index (χ1) is 53.4. The third kappa shape index (κ3) is 20.3. The van der Waals surface area contributed by atoms with Gasteiger partial charge in [0.15, 0.2) is 0 Å². The maximum absolute atomic E-state index is 15.9. The van der Waals surface area contributed by atoms with Crippen molar-refractivity contribution in [2.45, 2.75) is 247 Å². The van der Waals surface area contributed by atoms with Gasteiger partial charge in [0.25, 0.3) is 0 Å². The lowest BCUT2D eigenvalue weighted by atomic mass is 9.73. The normalized spacial score (nSPS) is 27.0. The van der Waals surface area contributed by atoms with Gasteiger partial charge in [0.05, 0.1) is 24.6 Å². The Hall–Kier alpha value is -8.78. The summed E-state index contributed by atoms with van der Waals surface area (Å²) < 4.78 is 121. The van der Waals surface area contributed by atoms with Crippen LogP contribution in [-0.4, -0.2) is 274 Å². The lowest BCUT2D eigenvalue weighted by Crippen LogP contribution is -2.68. The smallest absolute Gasteiger partial charge is 0.377 e. The molecule has 4 heterocycles. The SMILES string of the molecule is CCC[C@H]1C(=O)N[C@@H]([C@@H](C)CC)C(=O)N(C2CC2)CC(=O)N(C)[C@@H]2C/C=C\CCN(C2=O)[C@@H](Cc2ccc(C(F)(F)F)cc2)C(=O)N(C)CC(=O)N[C@@H](CCc2cc(F)c(C(F)(F)F)c(F)c2)C(=O)N2C[C@H](OCC)C[C@H]2C(=O)N(C)C2(CCC2)C(=O)N(C)[C@@H](C2CCCC2)C(=O)N(C)[C@H](C(=O)N2CCCCC2)CC(=O)N1C. The third-order valence-electron chi connectivity index (χ3n) is 24.2. The first-order valence-corrected chi connectivity index (χ1v) is 39.7. The van der Waals surface area contributed by atoms with E-state index in [2.05, 4.69) is 10.6 Å². The molecule has 10 atom stereocenters. The summed E-state index contributed by atoms with van der Waals surface area (Å²) in [5.74, 6) is -14.4. The Morgan fingerprint density at radius 2 is 1.27 bits per heavy atom. The number of nitrogens with zero attached hydrogens (tertiary/aromatic N) is 10. The summed E-state index contributed by atoms with van der Waals surface area (Å²) in [7, 11) is 8.12. The molecule has 3 saturated heterocycles. The van der Waals surface area contributed by atoms with Gasteiger partial charge in [-0.15, -0.1) is 0 Å². The van der Waals surface area contributed by atoms with E-state index in [9.17, 15) is 35.9 Å².